The third-order valence-corrected chi connectivity index (χ3v) is 3.87. The van der Waals surface area contributed by atoms with Crippen LogP contribution in [0.15, 0.2) is 30.3 Å². The molecule has 1 amide bonds. The summed E-state index contributed by atoms with van der Waals surface area (Å²) >= 11 is 0. The molecule has 0 radical (unpaired) electrons. The van der Waals surface area contributed by atoms with Gasteiger partial charge in [-0.1, -0.05) is 12.1 Å². The molecule has 8 heteroatoms. The van der Waals surface area contributed by atoms with Crippen molar-refractivity contribution < 1.29 is 32.2 Å². The first kappa shape index (κ1) is 18.8. The summed E-state index contributed by atoms with van der Waals surface area (Å²) in [6, 6.07) is 5.21. The van der Waals surface area contributed by atoms with Gasteiger partial charge in [-0.05, 0) is 36.6 Å². The van der Waals surface area contributed by atoms with Crippen LogP contribution in [0.2, 0.25) is 0 Å². The Kier molecular flexibility index (Phi) is 6.06. The summed E-state index contributed by atoms with van der Waals surface area (Å²) in [5.74, 6) is -0.970. The van der Waals surface area contributed by atoms with Gasteiger partial charge in [-0.15, -0.1) is 13.2 Å². The number of hydrogen-bond donors (Lipinski definition) is 0. The smallest absolute Gasteiger partial charge is 0.469 e. The van der Waals surface area contributed by atoms with Crippen LogP contribution in [0.3, 0.4) is 0 Å². The number of alkyl halides is 3. The van der Waals surface area contributed by atoms with Crippen LogP contribution in [0.4, 0.5) is 13.2 Å². The molecule has 1 saturated heterocycles. The highest BCUT2D eigenvalue weighted by molar-refractivity contribution is 5.92. The Balaban J connectivity index is 1.87. The molecule has 0 spiro atoms. The van der Waals surface area contributed by atoms with E-state index >= 15 is 0 Å². The first-order valence-electron chi connectivity index (χ1n) is 7.69. The van der Waals surface area contributed by atoms with Gasteiger partial charge in [-0.25, -0.2) is 0 Å². The number of benzene rings is 1. The van der Waals surface area contributed by atoms with Crippen molar-refractivity contribution in [2.75, 3.05) is 20.2 Å². The molecule has 136 valence electrons. The predicted molar refractivity (Wildman–Crippen MR) is 83.5 cm³/mol. The third-order valence-electron chi connectivity index (χ3n) is 3.87. The van der Waals surface area contributed by atoms with E-state index in [2.05, 4.69) is 4.74 Å². The number of piperidine rings is 1. The van der Waals surface area contributed by atoms with Crippen molar-refractivity contribution >= 4 is 18.0 Å². The van der Waals surface area contributed by atoms with Crippen LogP contribution in [0.1, 0.15) is 18.4 Å². The number of hydrogen-bond acceptors (Lipinski definition) is 4. The Morgan fingerprint density at radius 1 is 1.16 bits per heavy atom. The van der Waals surface area contributed by atoms with Gasteiger partial charge in [-0.2, -0.15) is 0 Å². The van der Waals surface area contributed by atoms with E-state index in [1.165, 1.54) is 43.5 Å². The molecule has 1 aliphatic heterocycles. The molecule has 25 heavy (non-hydrogen) atoms. The highest BCUT2D eigenvalue weighted by Crippen LogP contribution is 2.23. The lowest BCUT2D eigenvalue weighted by Gasteiger charge is -2.29. The number of methoxy groups -OCH3 is 1. The lowest BCUT2D eigenvalue weighted by molar-refractivity contribution is -0.274. The molecule has 1 fully saturated rings. The normalized spacial score (nSPS) is 16.1. The van der Waals surface area contributed by atoms with Gasteiger partial charge in [0.2, 0.25) is 5.91 Å². The van der Waals surface area contributed by atoms with Crippen LogP contribution in [0, 0.1) is 5.92 Å². The molecule has 1 aromatic carbocycles. The molecule has 0 atom stereocenters. The first-order chi connectivity index (χ1) is 11.8. The van der Waals surface area contributed by atoms with Crippen molar-refractivity contribution in [3.63, 3.8) is 0 Å². The molecule has 2 rings (SSSR count). The van der Waals surface area contributed by atoms with Crippen LogP contribution in [-0.4, -0.2) is 43.3 Å². The second kappa shape index (κ2) is 8.04. The van der Waals surface area contributed by atoms with Crippen molar-refractivity contribution in [3.05, 3.63) is 35.9 Å². The van der Waals surface area contributed by atoms with Crippen LogP contribution in [0.25, 0.3) is 6.08 Å². The zero-order valence-electron chi connectivity index (χ0n) is 13.6. The molecule has 0 aromatic heterocycles. The maximum absolute atomic E-state index is 12.1. The zero-order valence-corrected chi connectivity index (χ0v) is 13.6. The summed E-state index contributed by atoms with van der Waals surface area (Å²) in [6.07, 6.45) is -0.751. The molecule has 0 bridgehead atoms. The fraction of sp³-hybridized carbons (Fsp3) is 0.412. The van der Waals surface area contributed by atoms with E-state index in [1.807, 2.05) is 0 Å². The van der Waals surface area contributed by atoms with Crippen LogP contribution in [0.5, 0.6) is 5.75 Å². The number of amides is 1. The number of ether oxygens (including phenoxy) is 2. The van der Waals surface area contributed by atoms with Gasteiger partial charge in [0.15, 0.2) is 0 Å². The van der Waals surface area contributed by atoms with Gasteiger partial charge in [0.1, 0.15) is 5.75 Å². The minimum Gasteiger partial charge on any atom is -0.469 e. The summed E-state index contributed by atoms with van der Waals surface area (Å²) in [4.78, 5) is 25.2. The molecule has 0 saturated carbocycles. The number of esters is 1. The van der Waals surface area contributed by atoms with Gasteiger partial charge in [0, 0.05) is 19.2 Å². The summed E-state index contributed by atoms with van der Waals surface area (Å²) < 4.78 is 44.7. The Morgan fingerprint density at radius 3 is 2.28 bits per heavy atom. The second-order valence-electron chi connectivity index (χ2n) is 5.57. The molecule has 0 unspecified atom stereocenters. The number of carbonyl (C=O) groups excluding carboxylic acids is 2. The number of rotatable bonds is 4. The van der Waals surface area contributed by atoms with Gasteiger partial charge < -0.3 is 14.4 Å². The van der Waals surface area contributed by atoms with E-state index in [9.17, 15) is 22.8 Å². The Bertz CT molecular complexity index is 632. The monoisotopic (exact) mass is 357 g/mol. The Labute approximate surface area is 143 Å². The summed E-state index contributed by atoms with van der Waals surface area (Å²) in [5, 5.41) is 0. The largest absolute Gasteiger partial charge is 0.573 e. The zero-order chi connectivity index (χ0) is 18.4. The minimum atomic E-state index is -4.73. The van der Waals surface area contributed by atoms with E-state index in [0.717, 1.165) is 0 Å². The number of nitrogens with zero attached hydrogens (tertiary/aromatic N) is 1. The SMILES string of the molecule is COC(=O)C1CCN(C(=O)C=Cc2ccc(OC(F)(F)F)cc2)CC1. The standard InChI is InChI=1S/C17H18F3NO4/c1-24-16(23)13-8-10-21(11-9-13)15(22)7-4-12-2-5-14(6-3-12)25-17(18,19)20/h2-7,13H,8-11H2,1H3. The number of likely N-dealkylation sites (tertiary alicyclic amines) is 1. The lowest BCUT2D eigenvalue weighted by Crippen LogP contribution is -2.39. The van der Waals surface area contributed by atoms with E-state index in [-0.39, 0.29) is 23.5 Å². The van der Waals surface area contributed by atoms with Crippen molar-refractivity contribution in [1.29, 1.82) is 0 Å². The average molecular weight is 357 g/mol. The van der Waals surface area contributed by atoms with E-state index < -0.39 is 6.36 Å². The minimum absolute atomic E-state index is 0.181. The van der Waals surface area contributed by atoms with Gasteiger partial charge in [0.25, 0.3) is 0 Å². The summed E-state index contributed by atoms with van der Waals surface area (Å²) in [6.45, 7) is 0.919. The van der Waals surface area contributed by atoms with Gasteiger partial charge in [-0.3, -0.25) is 9.59 Å². The van der Waals surface area contributed by atoms with Crippen LogP contribution < -0.4 is 4.74 Å². The summed E-state index contributed by atoms with van der Waals surface area (Å²) in [7, 11) is 1.34. The van der Waals surface area contributed by atoms with Gasteiger partial charge >= 0.3 is 12.3 Å². The molecule has 5 nitrogen and oxygen atoms in total. The Hall–Kier alpha value is -2.51. The number of carbonyl (C=O) groups is 2. The average Bonchev–Trinajstić information content (AvgIpc) is 2.59. The van der Waals surface area contributed by atoms with E-state index in [0.29, 0.717) is 31.5 Å². The second-order valence-corrected chi connectivity index (χ2v) is 5.57. The Morgan fingerprint density at radius 2 is 1.76 bits per heavy atom. The molecular formula is C17H18F3NO4. The van der Waals surface area contributed by atoms with Crippen LogP contribution >= 0.6 is 0 Å². The fourth-order valence-electron chi connectivity index (χ4n) is 2.56. The van der Waals surface area contributed by atoms with Crippen molar-refractivity contribution in [2.24, 2.45) is 5.92 Å². The van der Waals surface area contributed by atoms with Crippen molar-refractivity contribution in [1.82, 2.24) is 4.90 Å². The highest BCUT2D eigenvalue weighted by Gasteiger charge is 2.31. The molecule has 0 aliphatic carbocycles. The third kappa shape index (κ3) is 5.81. The quantitative estimate of drug-likeness (QED) is 0.614. The predicted octanol–water partition coefficient (Wildman–Crippen LogP) is 3.01. The molecule has 1 aromatic rings. The highest BCUT2D eigenvalue weighted by atomic mass is 19.4. The van der Waals surface area contributed by atoms with Crippen LogP contribution in [-0.2, 0) is 14.3 Å². The number of halogens is 3. The first-order valence-corrected chi connectivity index (χ1v) is 7.69. The molecular weight excluding hydrogens is 339 g/mol. The van der Waals surface area contributed by atoms with Crippen molar-refractivity contribution in [3.8, 4) is 5.75 Å². The van der Waals surface area contributed by atoms with E-state index in [1.54, 1.807) is 4.90 Å². The lowest BCUT2D eigenvalue weighted by atomic mass is 9.97. The maximum atomic E-state index is 12.1. The van der Waals surface area contributed by atoms with Crippen molar-refractivity contribution in [2.45, 2.75) is 19.2 Å². The van der Waals surface area contributed by atoms with Gasteiger partial charge in [0.05, 0.1) is 13.0 Å². The fourth-order valence-corrected chi connectivity index (χ4v) is 2.56. The van der Waals surface area contributed by atoms with E-state index in [4.69, 9.17) is 4.74 Å². The molecule has 0 N–H and O–H groups in total. The topological polar surface area (TPSA) is 55.8 Å². The summed E-state index contributed by atoms with van der Waals surface area (Å²) in [5.41, 5.74) is 0.576. The molecule has 1 heterocycles. The maximum Gasteiger partial charge on any atom is 0.573 e. The molecule has 1 aliphatic rings.